The Bertz CT molecular complexity index is 306. The molecular weight excluding hydrogens is 180 g/mol. The lowest BCUT2D eigenvalue weighted by Crippen LogP contribution is -2.27. The summed E-state index contributed by atoms with van der Waals surface area (Å²) in [6, 6.07) is 0. The van der Waals surface area contributed by atoms with Crippen molar-refractivity contribution in [3.05, 3.63) is 23.3 Å². The maximum Gasteiger partial charge on any atom is 0.00950 e. The molecule has 1 spiro atoms. The van der Waals surface area contributed by atoms with Gasteiger partial charge in [0.05, 0.1) is 0 Å². The van der Waals surface area contributed by atoms with Crippen LogP contribution in [-0.2, 0) is 0 Å². The van der Waals surface area contributed by atoms with Crippen LogP contribution in [0.2, 0.25) is 0 Å². The molecule has 84 valence electrons. The molecule has 0 fully saturated rings. The fourth-order valence-corrected chi connectivity index (χ4v) is 3.19. The van der Waals surface area contributed by atoms with E-state index in [0.29, 0.717) is 5.41 Å². The maximum absolute atomic E-state index is 2.61. The lowest BCUT2D eigenvalue weighted by Gasteiger charge is -2.37. The van der Waals surface area contributed by atoms with Crippen molar-refractivity contribution in [1.82, 2.24) is 0 Å². The van der Waals surface area contributed by atoms with E-state index in [1.807, 2.05) is 0 Å². The number of allylic oxidation sites excluding steroid dienone is 4. The molecule has 15 heavy (non-hydrogen) atoms. The Balaban J connectivity index is 2.33. The quantitative estimate of drug-likeness (QED) is 0.542. The topological polar surface area (TPSA) is 0 Å². The monoisotopic (exact) mass is 204 g/mol. The second kappa shape index (κ2) is 3.81. The fraction of sp³-hybridized carbons (Fsp3) is 0.733. The summed E-state index contributed by atoms with van der Waals surface area (Å²) in [5.41, 5.74) is 3.73. The zero-order valence-electron chi connectivity index (χ0n) is 10.6. The minimum Gasteiger partial charge on any atom is -0.0764 e. The highest BCUT2D eigenvalue weighted by Crippen LogP contribution is 2.49. The first-order valence-corrected chi connectivity index (χ1v) is 6.43. The van der Waals surface area contributed by atoms with E-state index in [1.54, 1.807) is 11.1 Å². The molecule has 0 aliphatic heterocycles. The van der Waals surface area contributed by atoms with Crippen LogP contribution in [0.25, 0.3) is 0 Å². The summed E-state index contributed by atoms with van der Waals surface area (Å²) in [6.07, 6.45) is 10.5. The highest BCUT2D eigenvalue weighted by Gasteiger charge is 2.38. The van der Waals surface area contributed by atoms with Crippen molar-refractivity contribution >= 4 is 0 Å². The van der Waals surface area contributed by atoms with Gasteiger partial charge in [-0.3, -0.25) is 0 Å². The molecule has 0 saturated heterocycles. The smallest absolute Gasteiger partial charge is 0.00950 e. The molecule has 0 bridgehead atoms. The van der Waals surface area contributed by atoms with E-state index < -0.39 is 0 Å². The van der Waals surface area contributed by atoms with E-state index in [-0.39, 0.29) is 0 Å². The summed E-state index contributed by atoms with van der Waals surface area (Å²) in [7, 11) is 0. The van der Waals surface area contributed by atoms with E-state index >= 15 is 0 Å². The summed E-state index contributed by atoms with van der Waals surface area (Å²) >= 11 is 0. The number of rotatable bonds is 1. The molecule has 0 heteroatoms. The van der Waals surface area contributed by atoms with Crippen LogP contribution in [0.3, 0.4) is 0 Å². The molecule has 0 nitrogen and oxygen atoms in total. The predicted octanol–water partition coefficient (Wildman–Crippen LogP) is 4.73. The van der Waals surface area contributed by atoms with Gasteiger partial charge in [-0.15, -0.1) is 0 Å². The highest BCUT2D eigenvalue weighted by atomic mass is 14.4. The van der Waals surface area contributed by atoms with E-state index in [1.165, 1.54) is 25.7 Å². The van der Waals surface area contributed by atoms with Crippen LogP contribution < -0.4 is 0 Å². The lowest BCUT2D eigenvalue weighted by molar-refractivity contribution is 0.274. The highest BCUT2D eigenvalue weighted by molar-refractivity contribution is 5.29. The molecule has 2 aliphatic rings. The average molecular weight is 204 g/mol. The molecule has 0 aromatic rings. The number of hydrogen-bond acceptors (Lipinski definition) is 0. The van der Waals surface area contributed by atoms with Gasteiger partial charge in [0.15, 0.2) is 0 Å². The van der Waals surface area contributed by atoms with Gasteiger partial charge in [0.2, 0.25) is 0 Å². The number of hydrogen-bond donors (Lipinski definition) is 0. The zero-order chi connectivity index (χ0) is 11.1. The molecule has 0 amide bonds. The maximum atomic E-state index is 2.61. The third kappa shape index (κ3) is 1.91. The van der Waals surface area contributed by atoms with Gasteiger partial charge in [-0.25, -0.2) is 0 Å². The second-order valence-corrected chi connectivity index (χ2v) is 5.92. The van der Waals surface area contributed by atoms with Crippen LogP contribution in [0.5, 0.6) is 0 Å². The fourth-order valence-electron chi connectivity index (χ4n) is 3.19. The molecule has 2 rings (SSSR count). The predicted molar refractivity (Wildman–Crippen MR) is 66.7 cm³/mol. The van der Waals surface area contributed by atoms with Gasteiger partial charge < -0.3 is 0 Å². The molecule has 0 saturated carbocycles. The van der Waals surface area contributed by atoms with Crippen molar-refractivity contribution in [2.24, 2.45) is 17.3 Å². The Morgan fingerprint density at radius 3 is 2.53 bits per heavy atom. The van der Waals surface area contributed by atoms with Gasteiger partial charge in [0, 0.05) is 5.41 Å². The standard InChI is InChI=1S/C15H24/c1-11(2)14-6-5-13(4)15(10-14)8-7-12(3)9-15/h9-11,13H,5-8H2,1-4H3/t13-,15-/m1/s1. The van der Waals surface area contributed by atoms with Crippen molar-refractivity contribution in [1.29, 1.82) is 0 Å². The molecule has 0 unspecified atom stereocenters. The van der Waals surface area contributed by atoms with Crippen LogP contribution in [0.15, 0.2) is 23.3 Å². The molecular formula is C15H24. The van der Waals surface area contributed by atoms with Crippen LogP contribution in [0.4, 0.5) is 0 Å². The third-order valence-corrected chi connectivity index (χ3v) is 4.45. The molecule has 0 N–H and O–H groups in total. The zero-order valence-corrected chi connectivity index (χ0v) is 10.6. The second-order valence-electron chi connectivity index (χ2n) is 5.92. The van der Waals surface area contributed by atoms with Crippen molar-refractivity contribution in [3.63, 3.8) is 0 Å². The van der Waals surface area contributed by atoms with Gasteiger partial charge in [-0.2, -0.15) is 0 Å². The Labute approximate surface area is 94.5 Å². The first kappa shape index (κ1) is 11.0. The molecule has 2 aliphatic carbocycles. The first-order chi connectivity index (χ1) is 7.03. The summed E-state index contributed by atoms with van der Waals surface area (Å²) in [6.45, 7) is 9.39. The van der Waals surface area contributed by atoms with E-state index in [2.05, 4.69) is 39.8 Å². The van der Waals surface area contributed by atoms with Gasteiger partial charge >= 0.3 is 0 Å². The van der Waals surface area contributed by atoms with Gasteiger partial charge in [0.25, 0.3) is 0 Å². The van der Waals surface area contributed by atoms with Crippen molar-refractivity contribution < 1.29 is 0 Å². The van der Waals surface area contributed by atoms with E-state index in [4.69, 9.17) is 0 Å². The average Bonchev–Trinajstić information content (AvgIpc) is 2.53. The molecule has 0 aromatic carbocycles. The van der Waals surface area contributed by atoms with Crippen LogP contribution in [-0.4, -0.2) is 0 Å². The first-order valence-electron chi connectivity index (χ1n) is 6.43. The van der Waals surface area contributed by atoms with Crippen LogP contribution in [0.1, 0.15) is 53.4 Å². The summed E-state index contributed by atoms with van der Waals surface area (Å²) in [5, 5.41) is 0. The minimum atomic E-state index is 0.432. The largest absolute Gasteiger partial charge is 0.0764 e. The Hall–Kier alpha value is -0.520. The molecule has 0 heterocycles. The Kier molecular flexibility index (Phi) is 2.79. The van der Waals surface area contributed by atoms with E-state index in [0.717, 1.165) is 11.8 Å². The molecule has 0 aromatic heterocycles. The minimum absolute atomic E-state index is 0.432. The van der Waals surface area contributed by atoms with Crippen LogP contribution >= 0.6 is 0 Å². The van der Waals surface area contributed by atoms with E-state index in [9.17, 15) is 0 Å². The van der Waals surface area contributed by atoms with Crippen LogP contribution in [0, 0.1) is 17.3 Å². The summed E-state index contributed by atoms with van der Waals surface area (Å²) in [4.78, 5) is 0. The summed E-state index contributed by atoms with van der Waals surface area (Å²) in [5.74, 6) is 1.58. The summed E-state index contributed by atoms with van der Waals surface area (Å²) < 4.78 is 0. The van der Waals surface area contributed by atoms with Gasteiger partial charge in [-0.05, 0) is 44.4 Å². The lowest BCUT2D eigenvalue weighted by atomic mass is 9.67. The third-order valence-electron chi connectivity index (χ3n) is 4.45. The normalized spacial score (nSPS) is 35.9. The Morgan fingerprint density at radius 2 is 2.00 bits per heavy atom. The van der Waals surface area contributed by atoms with Crippen molar-refractivity contribution in [2.75, 3.05) is 0 Å². The van der Waals surface area contributed by atoms with Crippen molar-refractivity contribution in [2.45, 2.75) is 53.4 Å². The molecule has 0 radical (unpaired) electrons. The SMILES string of the molecule is CC1=C[C@@]2(C=C(C(C)C)CC[C@H]2C)CC1. The van der Waals surface area contributed by atoms with Gasteiger partial charge in [0.1, 0.15) is 0 Å². The Morgan fingerprint density at radius 1 is 1.27 bits per heavy atom. The van der Waals surface area contributed by atoms with Gasteiger partial charge in [-0.1, -0.05) is 44.1 Å². The van der Waals surface area contributed by atoms with Crippen molar-refractivity contribution in [3.8, 4) is 0 Å². The molecule has 2 atom stereocenters.